The molecule has 1 fully saturated rings. The Bertz CT molecular complexity index is 390. The van der Waals surface area contributed by atoms with Gasteiger partial charge in [0.1, 0.15) is 5.82 Å². The first kappa shape index (κ1) is 10.2. The second kappa shape index (κ2) is 4.47. The molecule has 4 nitrogen and oxygen atoms in total. The Labute approximate surface area is 93.0 Å². The van der Waals surface area contributed by atoms with Crippen molar-refractivity contribution in [2.75, 3.05) is 24.6 Å². The van der Waals surface area contributed by atoms with Crippen LogP contribution in [0.4, 0.5) is 5.82 Å². The summed E-state index contributed by atoms with van der Waals surface area (Å²) in [5, 5.41) is 9.38. The van der Waals surface area contributed by atoms with Crippen molar-refractivity contribution in [3.05, 3.63) is 23.4 Å². The maximum Gasteiger partial charge on any atom is 0.161 e. The van der Waals surface area contributed by atoms with Crippen molar-refractivity contribution in [3.8, 4) is 6.07 Å². The number of halogens is 1. The maximum absolute atomic E-state index is 8.77. The molecule has 2 heterocycles. The van der Waals surface area contributed by atoms with Crippen molar-refractivity contribution in [2.24, 2.45) is 0 Å². The highest BCUT2D eigenvalue weighted by Crippen LogP contribution is 2.23. The van der Waals surface area contributed by atoms with Gasteiger partial charge < -0.3 is 9.64 Å². The molecule has 78 valence electrons. The number of aromatic nitrogens is 1. The molecule has 5 heteroatoms. The minimum atomic E-state index is -0.392. The lowest BCUT2D eigenvalue weighted by molar-refractivity contribution is 0.0761. The van der Waals surface area contributed by atoms with E-state index in [1.807, 2.05) is 4.90 Å². The summed E-state index contributed by atoms with van der Waals surface area (Å²) in [6.45, 7) is 1.77. The molecule has 2 rings (SSSR count). The largest absolute Gasteiger partial charge is 0.360 e. The number of ether oxygens (including phenoxy) is 1. The number of nitrogens with zero attached hydrogens (tertiary/aromatic N) is 3. The topological polar surface area (TPSA) is 49.2 Å². The molecule has 0 saturated carbocycles. The quantitative estimate of drug-likeness (QED) is 0.723. The summed E-state index contributed by atoms with van der Waals surface area (Å²) in [6, 6.07) is 5.67. The molecule has 15 heavy (non-hydrogen) atoms. The van der Waals surface area contributed by atoms with E-state index in [2.05, 4.69) is 11.1 Å². The van der Waals surface area contributed by atoms with Crippen LogP contribution in [0.5, 0.6) is 0 Å². The number of hydrogen-bond donors (Lipinski definition) is 0. The zero-order valence-corrected chi connectivity index (χ0v) is 8.81. The second-order valence-corrected chi connectivity index (χ2v) is 3.65. The van der Waals surface area contributed by atoms with E-state index in [9.17, 15) is 0 Å². The molecule has 1 aromatic heterocycles. The summed E-state index contributed by atoms with van der Waals surface area (Å²) in [4.78, 5) is 6.17. The van der Waals surface area contributed by atoms with Gasteiger partial charge in [0, 0.05) is 12.7 Å². The highest BCUT2D eigenvalue weighted by Gasteiger charge is 2.22. The van der Waals surface area contributed by atoms with Crippen LogP contribution in [0.2, 0.25) is 5.02 Å². The van der Waals surface area contributed by atoms with E-state index < -0.39 is 6.10 Å². The molecule has 1 aliphatic rings. The molecule has 0 aliphatic carbocycles. The maximum atomic E-state index is 8.77. The van der Waals surface area contributed by atoms with Crippen LogP contribution < -0.4 is 4.90 Å². The van der Waals surface area contributed by atoms with Crippen LogP contribution in [-0.4, -0.2) is 30.8 Å². The predicted octanol–water partition coefficient (Wildman–Crippen LogP) is 1.46. The monoisotopic (exact) mass is 223 g/mol. The van der Waals surface area contributed by atoms with Gasteiger partial charge in [-0.05, 0) is 12.1 Å². The highest BCUT2D eigenvalue weighted by molar-refractivity contribution is 6.32. The van der Waals surface area contributed by atoms with E-state index in [1.54, 1.807) is 18.3 Å². The minimum Gasteiger partial charge on any atom is -0.360 e. The van der Waals surface area contributed by atoms with Gasteiger partial charge in [-0.2, -0.15) is 5.26 Å². The Morgan fingerprint density at radius 2 is 2.53 bits per heavy atom. The van der Waals surface area contributed by atoms with Crippen LogP contribution in [0, 0.1) is 11.3 Å². The third-order valence-electron chi connectivity index (χ3n) is 2.25. The number of pyridine rings is 1. The summed E-state index contributed by atoms with van der Waals surface area (Å²) in [5.41, 5.74) is 0. The van der Waals surface area contributed by atoms with E-state index in [0.29, 0.717) is 18.2 Å². The van der Waals surface area contributed by atoms with Crippen molar-refractivity contribution in [3.63, 3.8) is 0 Å². The normalized spacial score (nSPS) is 21.1. The van der Waals surface area contributed by atoms with Crippen molar-refractivity contribution < 1.29 is 4.74 Å². The zero-order valence-electron chi connectivity index (χ0n) is 8.06. The molecule has 0 spiro atoms. The van der Waals surface area contributed by atoms with E-state index in [4.69, 9.17) is 21.6 Å². The molecule has 0 amide bonds. The molecule has 1 aliphatic heterocycles. The van der Waals surface area contributed by atoms with Gasteiger partial charge in [-0.15, -0.1) is 0 Å². The predicted molar refractivity (Wildman–Crippen MR) is 56.8 cm³/mol. The molecule has 0 radical (unpaired) electrons. The van der Waals surface area contributed by atoms with E-state index in [0.717, 1.165) is 12.4 Å². The summed E-state index contributed by atoms with van der Waals surface area (Å²) < 4.78 is 5.25. The Morgan fingerprint density at radius 3 is 3.27 bits per heavy atom. The van der Waals surface area contributed by atoms with Gasteiger partial charge in [-0.1, -0.05) is 11.6 Å². The molecule has 0 aromatic carbocycles. The molecule has 1 saturated heterocycles. The number of anilines is 1. The fourth-order valence-electron chi connectivity index (χ4n) is 1.53. The molecule has 1 unspecified atom stereocenters. The lowest BCUT2D eigenvalue weighted by Gasteiger charge is -2.31. The third-order valence-corrected chi connectivity index (χ3v) is 2.54. The van der Waals surface area contributed by atoms with Gasteiger partial charge in [-0.3, -0.25) is 0 Å². The Kier molecular flexibility index (Phi) is 3.05. The minimum absolute atomic E-state index is 0.392. The Hall–Kier alpha value is -1.31. The lowest BCUT2D eigenvalue weighted by Crippen LogP contribution is -2.42. The lowest BCUT2D eigenvalue weighted by atomic mass is 10.3. The average Bonchev–Trinajstić information content (AvgIpc) is 2.30. The number of morpholine rings is 1. The smallest absolute Gasteiger partial charge is 0.161 e. The summed E-state index contributed by atoms with van der Waals surface area (Å²) in [7, 11) is 0. The Morgan fingerprint density at radius 1 is 1.67 bits per heavy atom. The van der Waals surface area contributed by atoms with Crippen LogP contribution in [0.1, 0.15) is 0 Å². The van der Waals surface area contributed by atoms with Crippen molar-refractivity contribution in [1.29, 1.82) is 5.26 Å². The molecule has 1 aromatic rings. The summed E-state index contributed by atoms with van der Waals surface area (Å²) in [5.74, 6) is 0.725. The van der Waals surface area contributed by atoms with E-state index in [1.165, 1.54) is 0 Å². The second-order valence-electron chi connectivity index (χ2n) is 3.24. The van der Waals surface area contributed by atoms with E-state index in [-0.39, 0.29) is 0 Å². The summed E-state index contributed by atoms with van der Waals surface area (Å²) >= 11 is 6.02. The average molecular weight is 224 g/mol. The summed E-state index contributed by atoms with van der Waals surface area (Å²) in [6.07, 6.45) is 1.30. The fourth-order valence-corrected chi connectivity index (χ4v) is 1.77. The molecule has 0 bridgehead atoms. The van der Waals surface area contributed by atoms with Crippen molar-refractivity contribution in [2.45, 2.75) is 6.10 Å². The van der Waals surface area contributed by atoms with Crippen LogP contribution in [0.25, 0.3) is 0 Å². The SMILES string of the molecule is N#CC1CN(c2ncccc2Cl)CCO1. The molecular formula is C10H10ClN3O. The molecule has 0 N–H and O–H groups in total. The number of hydrogen-bond acceptors (Lipinski definition) is 4. The first-order valence-electron chi connectivity index (χ1n) is 4.68. The number of rotatable bonds is 1. The van der Waals surface area contributed by atoms with E-state index >= 15 is 0 Å². The zero-order chi connectivity index (χ0) is 10.7. The van der Waals surface area contributed by atoms with Gasteiger partial charge in [0.15, 0.2) is 6.10 Å². The fraction of sp³-hybridized carbons (Fsp3) is 0.400. The first-order chi connectivity index (χ1) is 7.31. The van der Waals surface area contributed by atoms with Crippen LogP contribution in [0.15, 0.2) is 18.3 Å². The van der Waals surface area contributed by atoms with Gasteiger partial charge in [0.2, 0.25) is 0 Å². The van der Waals surface area contributed by atoms with Crippen LogP contribution in [0.3, 0.4) is 0 Å². The van der Waals surface area contributed by atoms with Gasteiger partial charge in [-0.25, -0.2) is 4.98 Å². The van der Waals surface area contributed by atoms with Crippen LogP contribution >= 0.6 is 11.6 Å². The van der Waals surface area contributed by atoms with Gasteiger partial charge >= 0.3 is 0 Å². The molecule has 1 atom stereocenters. The standard InChI is InChI=1S/C10H10ClN3O/c11-9-2-1-3-13-10(9)14-4-5-15-8(6-12)7-14/h1-3,8H,4-5,7H2. The van der Waals surface area contributed by atoms with Gasteiger partial charge in [0.25, 0.3) is 0 Å². The third kappa shape index (κ3) is 2.20. The number of nitriles is 1. The van der Waals surface area contributed by atoms with Gasteiger partial charge in [0.05, 0.1) is 24.2 Å². The van der Waals surface area contributed by atoms with Crippen molar-refractivity contribution >= 4 is 17.4 Å². The Balaban J connectivity index is 2.18. The van der Waals surface area contributed by atoms with Crippen molar-refractivity contribution in [1.82, 2.24) is 4.98 Å². The first-order valence-corrected chi connectivity index (χ1v) is 5.06. The highest BCUT2D eigenvalue weighted by atomic mass is 35.5. The van der Waals surface area contributed by atoms with Crippen LogP contribution in [-0.2, 0) is 4.74 Å². The molecular weight excluding hydrogens is 214 g/mol.